The summed E-state index contributed by atoms with van der Waals surface area (Å²) in [6, 6.07) is 7.46. The van der Waals surface area contributed by atoms with Crippen molar-refractivity contribution in [3.63, 3.8) is 0 Å². The maximum Gasteiger partial charge on any atom is 0.308 e. The molecule has 0 saturated heterocycles. The van der Waals surface area contributed by atoms with Crippen molar-refractivity contribution in [1.82, 2.24) is 0 Å². The van der Waals surface area contributed by atoms with Crippen LogP contribution in [0, 0.1) is 0 Å². The molecule has 2 aromatic carbocycles. The molecule has 0 radical (unpaired) electrons. The molecule has 3 rings (SSSR count). The molecule has 3 aromatic rings. The Morgan fingerprint density at radius 1 is 0.625 bits per heavy atom. The van der Waals surface area contributed by atoms with Crippen LogP contribution in [0.1, 0.15) is 124 Å². The van der Waals surface area contributed by atoms with Gasteiger partial charge in [0.05, 0.1) is 20.8 Å². The SMILES string of the molecule is CCCCCCCCCCCCCCCCCCOc1c(OC)cc2oc(-c3ccc(OC(C)=O)c(OC(C)=O)c3)cc(=O)c2c1OC. The Labute approximate surface area is 285 Å². The zero-order chi connectivity index (χ0) is 34.7. The number of carbonyl (C=O) groups is 2. The second-order valence-electron chi connectivity index (χ2n) is 12.3. The fourth-order valence-electron chi connectivity index (χ4n) is 5.83. The van der Waals surface area contributed by atoms with Crippen LogP contribution in [0.15, 0.2) is 39.5 Å². The van der Waals surface area contributed by atoms with Gasteiger partial charge < -0.3 is 28.1 Å². The molecule has 0 bridgehead atoms. The van der Waals surface area contributed by atoms with E-state index in [1.165, 1.54) is 136 Å². The maximum atomic E-state index is 13.4. The van der Waals surface area contributed by atoms with Gasteiger partial charge in [-0.2, -0.15) is 0 Å². The van der Waals surface area contributed by atoms with Gasteiger partial charge in [-0.25, -0.2) is 0 Å². The summed E-state index contributed by atoms with van der Waals surface area (Å²) < 4.78 is 33.9. The van der Waals surface area contributed by atoms with E-state index in [0.29, 0.717) is 23.7 Å². The normalized spacial score (nSPS) is 11.0. The summed E-state index contributed by atoms with van der Waals surface area (Å²) in [5, 5.41) is 0.223. The Balaban J connectivity index is 1.54. The van der Waals surface area contributed by atoms with Gasteiger partial charge in [0.2, 0.25) is 5.75 Å². The number of ether oxygens (including phenoxy) is 5. The van der Waals surface area contributed by atoms with E-state index < -0.39 is 11.9 Å². The van der Waals surface area contributed by atoms with Crippen LogP contribution in [-0.4, -0.2) is 32.8 Å². The van der Waals surface area contributed by atoms with Crippen molar-refractivity contribution in [3.8, 4) is 40.1 Å². The third-order valence-corrected chi connectivity index (χ3v) is 8.30. The van der Waals surface area contributed by atoms with Gasteiger partial charge in [-0.3, -0.25) is 14.4 Å². The topological polar surface area (TPSA) is 110 Å². The second kappa shape index (κ2) is 21.1. The van der Waals surface area contributed by atoms with E-state index in [4.69, 9.17) is 28.1 Å². The molecular formula is C39H54O9. The molecule has 0 N–H and O–H groups in total. The van der Waals surface area contributed by atoms with Crippen molar-refractivity contribution >= 4 is 22.9 Å². The van der Waals surface area contributed by atoms with Gasteiger partial charge in [0.1, 0.15) is 16.7 Å². The van der Waals surface area contributed by atoms with Crippen molar-refractivity contribution in [1.29, 1.82) is 0 Å². The van der Waals surface area contributed by atoms with E-state index >= 15 is 0 Å². The largest absolute Gasteiger partial charge is 0.493 e. The average molecular weight is 667 g/mol. The van der Waals surface area contributed by atoms with Crippen LogP contribution < -0.4 is 29.1 Å². The lowest BCUT2D eigenvalue weighted by atomic mass is 10.0. The highest BCUT2D eigenvalue weighted by molar-refractivity contribution is 5.90. The molecule has 0 spiro atoms. The number of unbranched alkanes of at least 4 members (excludes halogenated alkanes) is 15. The smallest absolute Gasteiger partial charge is 0.308 e. The fourth-order valence-corrected chi connectivity index (χ4v) is 5.83. The molecule has 9 heteroatoms. The molecule has 0 atom stereocenters. The van der Waals surface area contributed by atoms with Gasteiger partial charge in [-0.1, -0.05) is 103 Å². The monoisotopic (exact) mass is 666 g/mol. The van der Waals surface area contributed by atoms with Crippen LogP contribution in [0.5, 0.6) is 28.7 Å². The van der Waals surface area contributed by atoms with Gasteiger partial charge in [-0.05, 0) is 24.6 Å². The summed E-state index contributed by atoms with van der Waals surface area (Å²) in [5.41, 5.74) is 0.318. The minimum atomic E-state index is -0.595. The summed E-state index contributed by atoms with van der Waals surface area (Å²) in [6.07, 6.45) is 20.7. The van der Waals surface area contributed by atoms with E-state index in [2.05, 4.69) is 6.92 Å². The third-order valence-electron chi connectivity index (χ3n) is 8.30. The van der Waals surface area contributed by atoms with E-state index in [1.807, 2.05) is 0 Å². The Morgan fingerprint density at radius 2 is 1.17 bits per heavy atom. The molecule has 0 aliphatic heterocycles. The van der Waals surface area contributed by atoms with Crippen molar-refractivity contribution < 1.29 is 37.7 Å². The van der Waals surface area contributed by atoms with Crippen molar-refractivity contribution in [2.24, 2.45) is 0 Å². The Bertz CT molecular complexity index is 1510. The highest BCUT2D eigenvalue weighted by Gasteiger charge is 2.22. The Kier molecular flexibility index (Phi) is 16.9. The summed E-state index contributed by atoms with van der Waals surface area (Å²) in [6.45, 7) is 5.21. The number of hydrogen-bond donors (Lipinski definition) is 0. The molecule has 1 heterocycles. The fraction of sp³-hybridized carbons (Fsp3) is 0.564. The minimum absolute atomic E-state index is 0.0194. The number of benzene rings is 2. The first kappa shape index (κ1) is 38.4. The molecule has 48 heavy (non-hydrogen) atoms. The van der Waals surface area contributed by atoms with Crippen LogP contribution in [0.3, 0.4) is 0 Å². The highest BCUT2D eigenvalue weighted by atomic mass is 16.6. The van der Waals surface area contributed by atoms with Gasteiger partial charge in [0, 0.05) is 31.5 Å². The summed E-state index contributed by atoms with van der Waals surface area (Å²) >= 11 is 0. The number of fused-ring (bicyclic) bond motifs is 1. The lowest BCUT2D eigenvalue weighted by Gasteiger charge is -2.16. The van der Waals surface area contributed by atoms with Crippen LogP contribution in [0.25, 0.3) is 22.3 Å². The Hall–Kier alpha value is -4.01. The van der Waals surface area contributed by atoms with Gasteiger partial charge in [-0.15, -0.1) is 0 Å². The minimum Gasteiger partial charge on any atom is -0.493 e. The molecule has 1 aromatic heterocycles. The number of rotatable bonds is 23. The van der Waals surface area contributed by atoms with Crippen molar-refractivity contribution in [3.05, 3.63) is 40.6 Å². The second-order valence-corrected chi connectivity index (χ2v) is 12.3. The van der Waals surface area contributed by atoms with E-state index in [0.717, 1.165) is 12.8 Å². The number of methoxy groups -OCH3 is 2. The first-order valence-corrected chi connectivity index (χ1v) is 17.7. The van der Waals surface area contributed by atoms with E-state index in [-0.39, 0.29) is 39.4 Å². The number of esters is 2. The quantitative estimate of drug-likeness (QED) is 0.0554. The zero-order valence-electron chi connectivity index (χ0n) is 29.6. The summed E-state index contributed by atoms with van der Waals surface area (Å²) in [7, 11) is 2.99. The molecule has 9 nitrogen and oxygen atoms in total. The van der Waals surface area contributed by atoms with Gasteiger partial charge in [0.15, 0.2) is 28.4 Å². The van der Waals surface area contributed by atoms with E-state index in [1.54, 1.807) is 12.1 Å². The standard InChI is InChI=1S/C39H54O9/c1-6-7-8-9-10-11-12-13-14-15-16-17-18-19-20-21-24-45-38-36(43-4)27-35-37(39(38)44-5)31(42)26-33(48-35)30-22-23-32(46-28(2)40)34(25-30)47-29(3)41/h22-23,25-27H,6-21,24H2,1-5H3. The molecule has 0 aliphatic rings. The molecule has 0 unspecified atom stereocenters. The summed E-state index contributed by atoms with van der Waals surface area (Å²) in [4.78, 5) is 36.6. The Morgan fingerprint density at radius 3 is 1.69 bits per heavy atom. The van der Waals surface area contributed by atoms with Gasteiger partial charge >= 0.3 is 11.9 Å². The lowest BCUT2D eigenvalue weighted by molar-refractivity contribution is -0.134. The van der Waals surface area contributed by atoms with Crippen LogP contribution in [0.2, 0.25) is 0 Å². The summed E-state index contributed by atoms with van der Waals surface area (Å²) in [5.74, 6) is 0.110. The first-order valence-electron chi connectivity index (χ1n) is 17.7. The van der Waals surface area contributed by atoms with Crippen molar-refractivity contribution in [2.45, 2.75) is 124 Å². The molecular weight excluding hydrogens is 612 g/mol. The van der Waals surface area contributed by atoms with Crippen LogP contribution in [-0.2, 0) is 9.59 Å². The average Bonchev–Trinajstić information content (AvgIpc) is 3.05. The van der Waals surface area contributed by atoms with Crippen molar-refractivity contribution in [2.75, 3.05) is 20.8 Å². The maximum absolute atomic E-state index is 13.4. The highest BCUT2D eigenvalue weighted by Crippen LogP contribution is 2.43. The zero-order valence-corrected chi connectivity index (χ0v) is 29.6. The van der Waals surface area contributed by atoms with Gasteiger partial charge in [0.25, 0.3) is 0 Å². The number of carbonyl (C=O) groups excluding carboxylic acids is 2. The first-order chi connectivity index (χ1) is 23.3. The molecule has 0 fully saturated rings. The van der Waals surface area contributed by atoms with Crippen LogP contribution in [0.4, 0.5) is 0 Å². The van der Waals surface area contributed by atoms with E-state index in [9.17, 15) is 14.4 Å². The van der Waals surface area contributed by atoms with Crippen LogP contribution >= 0.6 is 0 Å². The molecule has 0 saturated carbocycles. The predicted molar refractivity (Wildman–Crippen MR) is 189 cm³/mol. The molecule has 264 valence electrons. The lowest BCUT2D eigenvalue weighted by Crippen LogP contribution is -2.08. The molecule has 0 amide bonds. The number of hydrogen-bond acceptors (Lipinski definition) is 9. The third kappa shape index (κ3) is 12.2. The predicted octanol–water partition coefficient (Wildman–Crippen LogP) is 9.97. The molecule has 0 aliphatic carbocycles.